The second-order valence-electron chi connectivity index (χ2n) is 8.53. The zero-order chi connectivity index (χ0) is 18.3. The second-order valence-corrected chi connectivity index (χ2v) is 8.53. The third kappa shape index (κ3) is 1.72. The number of nitrogens with one attached hydrogen (secondary N) is 1. The minimum Gasteiger partial charge on any atom is -0.286 e. The first kappa shape index (κ1) is 15.5. The van der Waals surface area contributed by atoms with Gasteiger partial charge in [-0.2, -0.15) is 0 Å². The molecular weight excluding hydrogens is 316 g/mol. The van der Waals surface area contributed by atoms with Crippen molar-refractivity contribution in [3.8, 4) is 0 Å². The predicted octanol–water partition coefficient (Wildman–Crippen LogP) is 6.42. The Balaban J connectivity index is 1.91. The maximum Gasteiger partial charge on any atom is 0.127 e. The summed E-state index contributed by atoms with van der Waals surface area (Å²) in [6.45, 7) is 8.68. The van der Waals surface area contributed by atoms with Gasteiger partial charge in [0.05, 0.1) is 5.71 Å². The first-order chi connectivity index (χ1) is 12.3. The molecule has 0 spiro atoms. The molecule has 0 unspecified atom stereocenters. The first-order valence-electron chi connectivity index (χ1n) is 9.17. The minimum atomic E-state index is -0.272. The molecule has 0 aliphatic carbocycles. The zero-order valence-corrected chi connectivity index (χ0v) is 15.6. The van der Waals surface area contributed by atoms with Crippen LogP contribution in [0.2, 0.25) is 0 Å². The third-order valence-corrected chi connectivity index (χ3v) is 6.75. The summed E-state index contributed by atoms with van der Waals surface area (Å²) in [6.07, 6.45) is 0. The molecule has 1 heterocycles. The largest absolute Gasteiger partial charge is 0.286 e. The Bertz CT molecular complexity index is 1230. The fraction of sp³-hybridized carbons (Fsp3) is 0.250. The van der Waals surface area contributed by atoms with E-state index in [0.29, 0.717) is 5.84 Å². The molecule has 0 atom stereocenters. The lowest BCUT2D eigenvalue weighted by molar-refractivity contribution is 0.297. The standard InChI is InChI=1S/C24H22N2/c1-23(2)21(26-22(25)24(23,3)4)18-13-11-16-9-8-14-6-5-7-15-10-12-17(18)20(16)19(14)15/h5-13,25H,1-4H3. The molecule has 1 aliphatic heterocycles. The van der Waals surface area contributed by atoms with E-state index in [9.17, 15) is 0 Å². The van der Waals surface area contributed by atoms with Crippen molar-refractivity contribution in [3.05, 3.63) is 60.2 Å². The first-order valence-corrected chi connectivity index (χ1v) is 9.17. The molecule has 1 aliphatic rings. The Morgan fingerprint density at radius 3 is 1.88 bits per heavy atom. The normalized spacial score (nSPS) is 18.9. The number of hydrogen-bond donors (Lipinski definition) is 1. The lowest BCUT2D eigenvalue weighted by atomic mass is 9.65. The van der Waals surface area contributed by atoms with Gasteiger partial charge in [-0.15, -0.1) is 0 Å². The molecule has 0 radical (unpaired) electrons. The molecule has 4 aromatic carbocycles. The van der Waals surface area contributed by atoms with Crippen LogP contribution in [0.25, 0.3) is 32.3 Å². The lowest BCUT2D eigenvalue weighted by Gasteiger charge is -2.35. The van der Waals surface area contributed by atoms with Crippen LogP contribution in [0.4, 0.5) is 0 Å². The molecule has 0 bridgehead atoms. The monoisotopic (exact) mass is 338 g/mol. The summed E-state index contributed by atoms with van der Waals surface area (Å²) < 4.78 is 0. The Morgan fingerprint density at radius 2 is 1.27 bits per heavy atom. The summed E-state index contributed by atoms with van der Waals surface area (Å²) in [6, 6.07) is 19.7. The van der Waals surface area contributed by atoms with Crippen LogP contribution >= 0.6 is 0 Å². The Morgan fingerprint density at radius 1 is 0.692 bits per heavy atom. The van der Waals surface area contributed by atoms with E-state index in [4.69, 9.17) is 10.4 Å². The highest BCUT2D eigenvalue weighted by molar-refractivity contribution is 6.29. The van der Waals surface area contributed by atoms with Gasteiger partial charge in [-0.05, 0) is 32.3 Å². The molecular formula is C24H22N2. The summed E-state index contributed by atoms with van der Waals surface area (Å²) in [4.78, 5) is 4.75. The van der Waals surface area contributed by atoms with Crippen molar-refractivity contribution in [2.24, 2.45) is 15.8 Å². The van der Waals surface area contributed by atoms with Crippen molar-refractivity contribution in [1.82, 2.24) is 0 Å². The van der Waals surface area contributed by atoms with Crippen molar-refractivity contribution in [1.29, 1.82) is 5.41 Å². The van der Waals surface area contributed by atoms with Crippen LogP contribution in [0.1, 0.15) is 33.3 Å². The van der Waals surface area contributed by atoms with Gasteiger partial charge in [0.15, 0.2) is 0 Å². The molecule has 0 aromatic heterocycles. The molecule has 0 saturated carbocycles. The molecule has 26 heavy (non-hydrogen) atoms. The predicted molar refractivity (Wildman–Crippen MR) is 112 cm³/mol. The van der Waals surface area contributed by atoms with Gasteiger partial charge in [-0.3, -0.25) is 5.41 Å². The summed E-state index contributed by atoms with van der Waals surface area (Å²) in [7, 11) is 0. The van der Waals surface area contributed by atoms with Gasteiger partial charge < -0.3 is 0 Å². The van der Waals surface area contributed by atoms with Crippen LogP contribution in [0.5, 0.6) is 0 Å². The van der Waals surface area contributed by atoms with E-state index >= 15 is 0 Å². The summed E-state index contributed by atoms with van der Waals surface area (Å²) in [5.74, 6) is 0.475. The van der Waals surface area contributed by atoms with Gasteiger partial charge in [0.1, 0.15) is 5.84 Å². The molecule has 4 aromatic rings. The van der Waals surface area contributed by atoms with E-state index in [2.05, 4.69) is 82.3 Å². The number of rotatable bonds is 1. The average molecular weight is 338 g/mol. The fourth-order valence-corrected chi connectivity index (χ4v) is 4.32. The highest BCUT2D eigenvalue weighted by Crippen LogP contribution is 2.49. The maximum absolute atomic E-state index is 8.41. The van der Waals surface area contributed by atoms with E-state index in [1.54, 1.807) is 0 Å². The van der Waals surface area contributed by atoms with E-state index in [0.717, 1.165) is 11.3 Å². The number of amidine groups is 1. The van der Waals surface area contributed by atoms with E-state index in [1.165, 1.54) is 32.3 Å². The average Bonchev–Trinajstić information content (AvgIpc) is 2.79. The van der Waals surface area contributed by atoms with E-state index in [1.807, 2.05) is 0 Å². The van der Waals surface area contributed by atoms with Crippen LogP contribution in [0.3, 0.4) is 0 Å². The van der Waals surface area contributed by atoms with Crippen LogP contribution in [0.15, 0.2) is 59.6 Å². The smallest absolute Gasteiger partial charge is 0.127 e. The van der Waals surface area contributed by atoms with Crippen molar-refractivity contribution in [2.75, 3.05) is 0 Å². The summed E-state index contributed by atoms with van der Waals surface area (Å²) in [5, 5.41) is 16.1. The zero-order valence-electron chi connectivity index (χ0n) is 15.6. The van der Waals surface area contributed by atoms with Crippen molar-refractivity contribution in [3.63, 3.8) is 0 Å². The number of benzene rings is 4. The van der Waals surface area contributed by atoms with Crippen molar-refractivity contribution in [2.45, 2.75) is 27.7 Å². The third-order valence-electron chi connectivity index (χ3n) is 6.75. The van der Waals surface area contributed by atoms with Crippen LogP contribution < -0.4 is 0 Å². The number of aliphatic imine (C=N–C) groups is 1. The quantitative estimate of drug-likeness (QED) is 0.389. The van der Waals surface area contributed by atoms with E-state index < -0.39 is 0 Å². The molecule has 0 fully saturated rings. The number of hydrogen-bond acceptors (Lipinski definition) is 1. The molecule has 0 saturated heterocycles. The topological polar surface area (TPSA) is 36.2 Å². The SMILES string of the molecule is CC1(C)C(=N)N=C(c2ccc3ccc4cccc5ccc2c3c45)C1(C)C. The van der Waals surface area contributed by atoms with Gasteiger partial charge in [0, 0.05) is 16.4 Å². The molecule has 5 rings (SSSR count). The van der Waals surface area contributed by atoms with Crippen molar-refractivity contribution >= 4 is 43.9 Å². The van der Waals surface area contributed by atoms with Gasteiger partial charge in [-0.1, -0.05) is 82.3 Å². The summed E-state index contributed by atoms with van der Waals surface area (Å²) >= 11 is 0. The van der Waals surface area contributed by atoms with Gasteiger partial charge in [0.25, 0.3) is 0 Å². The Labute approximate surface area is 153 Å². The van der Waals surface area contributed by atoms with Gasteiger partial charge >= 0.3 is 0 Å². The Hall–Kier alpha value is -2.74. The Kier molecular flexibility index (Phi) is 2.80. The van der Waals surface area contributed by atoms with Gasteiger partial charge in [0.2, 0.25) is 0 Å². The molecule has 128 valence electrons. The highest BCUT2D eigenvalue weighted by Gasteiger charge is 2.49. The molecule has 2 heteroatoms. The maximum atomic E-state index is 8.41. The van der Waals surface area contributed by atoms with Crippen molar-refractivity contribution < 1.29 is 0 Å². The highest BCUT2D eigenvalue weighted by atomic mass is 14.9. The van der Waals surface area contributed by atoms with Gasteiger partial charge in [-0.25, -0.2) is 4.99 Å². The molecule has 0 amide bonds. The van der Waals surface area contributed by atoms with E-state index in [-0.39, 0.29) is 10.8 Å². The van der Waals surface area contributed by atoms with Crippen LogP contribution in [0, 0.1) is 16.2 Å². The second kappa shape index (κ2) is 4.70. The number of nitrogens with zero attached hydrogens (tertiary/aromatic N) is 1. The van der Waals surface area contributed by atoms with Crippen LogP contribution in [-0.2, 0) is 0 Å². The van der Waals surface area contributed by atoms with Crippen LogP contribution in [-0.4, -0.2) is 11.5 Å². The fourth-order valence-electron chi connectivity index (χ4n) is 4.32. The molecule has 1 N–H and O–H groups in total. The molecule has 2 nitrogen and oxygen atoms in total. The summed E-state index contributed by atoms with van der Waals surface area (Å²) in [5.41, 5.74) is 1.74. The lowest BCUT2D eigenvalue weighted by Crippen LogP contribution is -2.38. The minimum absolute atomic E-state index is 0.188.